The van der Waals surface area contributed by atoms with E-state index in [1.54, 1.807) is 0 Å². The van der Waals surface area contributed by atoms with Gasteiger partial charge in [-0.1, -0.05) is 78.1 Å². The van der Waals surface area contributed by atoms with Gasteiger partial charge in [-0.15, -0.1) is 0 Å². The molecule has 0 fully saturated rings. The van der Waals surface area contributed by atoms with Crippen molar-refractivity contribution in [3.05, 3.63) is 0 Å². The number of rotatable bonds is 18. The van der Waals surface area contributed by atoms with Crippen molar-refractivity contribution < 1.29 is 19.1 Å². The summed E-state index contributed by atoms with van der Waals surface area (Å²) < 4.78 is 10.5. The number of esters is 2. The molecule has 0 rings (SSSR count). The van der Waals surface area contributed by atoms with E-state index in [0.717, 1.165) is 25.7 Å². The summed E-state index contributed by atoms with van der Waals surface area (Å²) >= 11 is 0. The highest BCUT2D eigenvalue weighted by atomic mass is 16.5. The number of hydrogen-bond donors (Lipinski definition) is 0. The zero-order valence-corrected chi connectivity index (χ0v) is 17.5. The second-order valence-corrected chi connectivity index (χ2v) is 7.35. The highest BCUT2D eigenvalue weighted by Crippen LogP contribution is 2.11. The smallest absolute Gasteiger partial charge is 0.306 e. The average Bonchev–Trinajstić information content (AvgIpc) is 2.62. The van der Waals surface area contributed by atoms with E-state index < -0.39 is 0 Å². The van der Waals surface area contributed by atoms with Crippen LogP contribution in [0.25, 0.3) is 0 Å². The largest absolute Gasteiger partial charge is 0.466 e. The van der Waals surface area contributed by atoms with Gasteiger partial charge >= 0.3 is 11.9 Å². The number of carbonyl (C=O) groups excluding carboxylic acids is 2. The quantitative estimate of drug-likeness (QED) is 0.208. The van der Waals surface area contributed by atoms with Crippen molar-refractivity contribution in [1.82, 2.24) is 0 Å². The molecule has 0 N–H and O–H groups in total. The zero-order valence-electron chi connectivity index (χ0n) is 17.5. The first-order chi connectivity index (χ1) is 12.6. The summed E-state index contributed by atoms with van der Waals surface area (Å²) in [5, 5.41) is 0. The average molecular weight is 371 g/mol. The van der Waals surface area contributed by atoms with Crippen LogP contribution in [-0.2, 0) is 19.1 Å². The highest BCUT2D eigenvalue weighted by molar-refractivity contribution is 5.77. The summed E-state index contributed by atoms with van der Waals surface area (Å²) in [6, 6.07) is 0. The lowest BCUT2D eigenvalue weighted by atomic mass is 10.1. The fraction of sp³-hybridized carbons (Fsp3) is 0.909. The number of carbonyl (C=O) groups is 2. The third-order valence-corrected chi connectivity index (χ3v) is 4.59. The molecule has 154 valence electrons. The van der Waals surface area contributed by atoms with Gasteiger partial charge < -0.3 is 9.47 Å². The molecule has 0 amide bonds. The molecule has 0 aromatic carbocycles. The minimum absolute atomic E-state index is 0.0622. The first kappa shape index (κ1) is 24.9. The fourth-order valence-corrected chi connectivity index (χ4v) is 2.90. The van der Waals surface area contributed by atoms with Crippen LogP contribution >= 0.6 is 0 Å². The summed E-state index contributed by atoms with van der Waals surface area (Å²) in [5.74, 6) is -0.584. The predicted octanol–water partition coefficient (Wildman–Crippen LogP) is 6.35. The second-order valence-electron chi connectivity index (χ2n) is 7.35. The van der Waals surface area contributed by atoms with Crippen LogP contribution in [0.5, 0.6) is 0 Å². The molecular weight excluding hydrogens is 328 g/mol. The predicted molar refractivity (Wildman–Crippen MR) is 107 cm³/mol. The Bertz CT molecular complexity index is 341. The van der Waals surface area contributed by atoms with Gasteiger partial charge in [0.25, 0.3) is 0 Å². The molecule has 0 heterocycles. The molecular formula is C22H42O4. The lowest BCUT2D eigenvalue weighted by Crippen LogP contribution is -2.16. The molecule has 26 heavy (non-hydrogen) atoms. The van der Waals surface area contributed by atoms with E-state index in [1.165, 1.54) is 57.8 Å². The van der Waals surface area contributed by atoms with E-state index in [2.05, 4.69) is 13.8 Å². The standard InChI is InChI=1S/C22H42O4/c1-4-6-8-10-12-14-16-20(3)26-22(24)18-17-21(23)25-19-15-13-11-9-7-5-2/h20H,4-19H2,1-3H3. The fourth-order valence-electron chi connectivity index (χ4n) is 2.90. The second kappa shape index (κ2) is 18.7. The van der Waals surface area contributed by atoms with Crippen LogP contribution in [0, 0.1) is 0 Å². The van der Waals surface area contributed by atoms with Crippen molar-refractivity contribution >= 4 is 11.9 Å². The van der Waals surface area contributed by atoms with Gasteiger partial charge in [0.05, 0.1) is 25.6 Å². The maximum absolute atomic E-state index is 11.8. The van der Waals surface area contributed by atoms with Gasteiger partial charge in [-0.25, -0.2) is 0 Å². The first-order valence-corrected chi connectivity index (χ1v) is 10.9. The highest BCUT2D eigenvalue weighted by Gasteiger charge is 2.12. The zero-order chi connectivity index (χ0) is 19.5. The minimum atomic E-state index is -0.293. The van der Waals surface area contributed by atoms with Gasteiger partial charge in [-0.3, -0.25) is 9.59 Å². The first-order valence-electron chi connectivity index (χ1n) is 10.9. The molecule has 0 saturated heterocycles. The van der Waals surface area contributed by atoms with Gasteiger partial charge in [0.1, 0.15) is 0 Å². The molecule has 0 aliphatic carbocycles. The summed E-state index contributed by atoms with van der Waals surface area (Å²) in [6.45, 7) is 6.81. The lowest BCUT2D eigenvalue weighted by molar-refractivity contribution is -0.153. The van der Waals surface area contributed by atoms with Crippen molar-refractivity contribution in [3.8, 4) is 0 Å². The van der Waals surface area contributed by atoms with Crippen LogP contribution in [0.1, 0.15) is 117 Å². The lowest BCUT2D eigenvalue weighted by Gasteiger charge is -2.13. The maximum Gasteiger partial charge on any atom is 0.306 e. The molecule has 0 bridgehead atoms. The Morgan fingerprint density at radius 3 is 1.81 bits per heavy atom. The number of ether oxygens (including phenoxy) is 2. The van der Waals surface area contributed by atoms with E-state index in [-0.39, 0.29) is 30.9 Å². The summed E-state index contributed by atoms with van der Waals surface area (Å²) in [7, 11) is 0. The summed E-state index contributed by atoms with van der Waals surface area (Å²) in [4.78, 5) is 23.4. The van der Waals surface area contributed by atoms with Crippen molar-refractivity contribution in [2.75, 3.05) is 6.61 Å². The molecule has 0 aromatic rings. The van der Waals surface area contributed by atoms with Crippen LogP contribution in [0.3, 0.4) is 0 Å². The molecule has 4 nitrogen and oxygen atoms in total. The Hall–Kier alpha value is -1.06. The van der Waals surface area contributed by atoms with Crippen LogP contribution in [0.15, 0.2) is 0 Å². The summed E-state index contributed by atoms with van der Waals surface area (Å²) in [5.41, 5.74) is 0. The van der Waals surface area contributed by atoms with E-state index in [1.807, 2.05) is 6.92 Å². The Morgan fingerprint density at radius 1 is 0.692 bits per heavy atom. The number of unbranched alkanes of at least 4 members (excludes halogenated alkanes) is 10. The minimum Gasteiger partial charge on any atom is -0.466 e. The Labute approximate surface area is 161 Å². The van der Waals surface area contributed by atoms with Gasteiger partial charge in [-0.2, -0.15) is 0 Å². The van der Waals surface area contributed by atoms with Crippen LogP contribution < -0.4 is 0 Å². The molecule has 0 radical (unpaired) electrons. The van der Waals surface area contributed by atoms with Crippen molar-refractivity contribution in [2.45, 2.75) is 123 Å². The van der Waals surface area contributed by atoms with Gasteiger partial charge in [0, 0.05) is 0 Å². The molecule has 1 unspecified atom stereocenters. The van der Waals surface area contributed by atoms with Gasteiger partial charge in [0.15, 0.2) is 0 Å². The molecule has 0 saturated carbocycles. The maximum atomic E-state index is 11.8. The molecule has 0 aliphatic rings. The molecule has 0 aliphatic heterocycles. The van der Waals surface area contributed by atoms with E-state index in [9.17, 15) is 9.59 Å². The molecule has 0 aromatic heterocycles. The number of hydrogen-bond acceptors (Lipinski definition) is 4. The SMILES string of the molecule is CCCCCCCCOC(=O)CCC(=O)OC(C)CCCCCCCC. The Balaban J connectivity index is 3.51. The van der Waals surface area contributed by atoms with Crippen LogP contribution in [0.4, 0.5) is 0 Å². The van der Waals surface area contributed by atoms with E-state index in [0.29, 0.717) is 6.61 Å². The van der Waals surface area contributed by atoms with Crippen molar-refractivity contribution in [3.63, 3.8) is 0 Å². The molecule has 0 spiro atoms. The Kier molecular flexibility index (Phi) is 18.0. The van der Waals surface area contributed by atoms with E-state index in [4.69, 9.17) is 9.47 Å². The van der Waals surface area contributed by atoms with Crippen LogP contribution in [-0.4, -0.2) is 24.6 Å². The topological polar surface area (TPSA) is 52.6 Å². The third kappa shape index (κ3) is 17.8. The van der Waals surface area contributed by atoms with Gasteiger partial charge in [-0.05, 0) is 26.2 Å². The van der Waals surface area contributed by atoms with Crippen molar-refractivity contribution in [2.24, 2.45) is 0 Å². The van der Waals surface area contributed by atoms with Gasteiger partial charge in [0.2, 0.25) is 0 Å². The Morgan fingerprint density at radius 2 is 1.19 bits per heavy atom. The van der Waals surface area contributed by atoms with Crippen LogP contribution in [0.2, 0.25) is 0 Å². The normalized spacial score (nSPS) is 12.0. The molecule has 4 heteroatoms. The third-order valence-electron chi connectivity index (χ3n) is 4.59. The van der Waals surface area contributed by atoms with E-state index >= 15 is 0 Å². The monoisotopic (exact) mass is 370 g/mol. The summed E-state index contributed by atoms with van der Waals surface area (Å²) in [6.07, 6.45) is 15.5. The van der Waals surface area contributed by atoms with Crippen molar-refractivity contribution in [1.29, 1.82) is 0 Å². The molecule has 1 atom stereocenters.